The molecule has 3 saturated heterocycles. The second kappa shape index (κ2) is 5.62. The molecule has 7 heteroatoms. The number of nitrogens with zero attached hydrogens (tertiary/aromatic N) is 1. The van der Waals surface area contributed by atoms with Crippen LogP contribution in [0.4, 0.5) is 0 Å². The number of carbonyl (C=O) groups excluding carboxylic acids is 1. The van der Waals surface area contributed by atoms with Crippen molar-refractivity contribution in [2.45, 2.75) is 48.8 Å². The van der Waals surface area contributed by atoms with Crippen LogP contribution in [0.15, 0.2) is 35.0 Å². The average molecular weight is 393 g/mol. The zero-order chi connectivity index (χ0) is 18.1. The number of thiophene rings is 2. The lowest BCUT2D eigenvalue weighted by Crippen LogP contribution is -2.60. The predicted octanol–water partition coefficient (Wildman–Crippen LogP) is 2.35. The maximum Gasteiger partial charge on any atom is 0.349 e. The zero-order valence-corrected chi connectivity index (χ0v) is 16.3. The highest BCUT2D eigenvalue weighted by molar-refractivity contribution is 7.12. The molecule has 138 valence electrons. The topological polar surface area (TPSA) is 59.1 Å². The zero-order valence-electron chi connectivity index (χ0n) is 14.7. The van der Waals surface area contributed by atoms with Crippen LogP contribution in [0, 0.1) is 0 Å². The molecule has 26 heavy (non-hydrogen) atoms. The molecule has 5 heterocycles. The van der Waals surface area contributed by atoms with Crippen molar-refractivity contribution in [3.8, 4) is 0 Å². The normalized spacial score (nSPS) is 34.3. The smallest absolute Gasteiger partial charge is 0.349 e. The molecular formula is C19H22NO4S2+. The van der Waals surface area contributed by atoms with Gasteiger partial charge in [0.25, 0.3) is 0 Å². The van der Waals surface area contributed by atoms with Gasteiger partial charge in [-0.15, -0.1) is 22.7 Å². The van der Waals surface area contributed by atoms with E-state index in [2.05, 4.69) is 14.1 Å². The Hall–Kier alpha value is -1.25. The molecular weight excluding hydrogens is 370 g/mol. The fourth-order valence-electron chi connectivity index (χ4n) is 4.83. The highest BCUT2D eigenvalue weighted by Gasteiger charge is 2.71. The van der Waals surface area contributed by atoms with E-state index in [-0.39, 0.29) is 6.10 Å². The van der Waals surface area contributed by atoms with Gasteiger partial charge in [0.1, 0.15) is 30.4 Å². The molecule has 5 rings (SSSR count). The fourth-order valence-corrected chi connectivity index (χ4v) is 6.54. The van der Waals surface area contributed by atoms with Crippen molar-refractivity contribution >= 4 is 28.6 Å². The first-order valence-electron chi connectivity index (χ1n) is 8.92. The Morgan fingerprint density at radius 1 is 1.15 bits per heavy atom. The number of fused-ring (bicyclic) bond motifs is 5. The minimum atomic E-state index is -1.72. The van der Waals surface area contributed by atoms with E-state index in [0.717, 1.165) is 17.3 Å². The predicted molar refractivity (Wildman–Crippen MR) is 99.1 cm³/mol. The molecule has 0 saturated carbocycles. The Balaban J connectivity index is 1.40. The molecule has 0 radical (unpaired) electrons. The Kier molecular flexibility index (Phi) is 3.65. The van der Waals surface area contributed by atoms with E-state index < -0.39 is 11.6 Å². The van der Waals surface area contributed by atoms with Gasteiger partial charge in [-0.25, -0.2) is 4.79 Å². The number of quaternary nitrogens is 1. The van der Waals surface area contributed by atoms with Gasteiger partial charge in [-0.05, 0) is 22.9 Å². The van der Waals surface area contributed by atoms with Crippen molar-refractivity contribution in [3.05, 3.63) is 44.8 Å². The molecule has 0 spiro atoms. The van der Waals surface area contributed by atoms with Gasteiger partial charge in [0.2, 0.25) is 5.60 Å². The number of likely N-dealkylation sites (N-methyl/N-ethyl adjacent to an activating group) is 1. The van der Waals surface area contributed by atoms with Gasteiger partial charge < -0.3 is 19.1 Å². The minimum Gasteiger partial charge on any atom is -0.459 e. The van der Waals surface area contributed by atoms with Gasteiger partial charge in [-0.1, -0.05) is 12.1 Å². The largest absolute Gasteiger partial charge is 0.459 e. The number of esters is 1. The van der Waals surface area contributed by atoms with Crippen LogP contribution < -0.4 is 0 Å². The van der Waals surface area contributed by atoms with Crippen molar-refractivity contribution in [1.82, 2.24) is 0 Å². The van der Waals surface area contributed by atoms with Crippen LogP contribution in [0.3, 0.4) is 0 Å². The molecule has 2 aromatic rings. The maximum atomic E-state index is 13.1. The first kappa shape index (κ1) is 16.9. The first-order chi connectivity index (χ1) is 12.4. The van der Waals surface area contributed by atoms with E-state index in [1.54, 1.807) is 12.1 Å². The number of piperidine rings is 1. The molecule has 2 bridgehead atoms. The Morgan fingerprint density at radius 2 is 1.69 bits per heavy atom. The number of carbonyl (C=O) groups is 1. The van der Waals surface area contributed by atoms with Gasteiger partial charge in [0.15, 0.2) is 0 Å². The second-order valence-electron chi connectivity index (χ2n) is 7.99. The third-order valence-electron chi connectivity index (χ3n) is 6.36. The van der Waals surface area contributed by atoms with Crippen LogP contribution >= 0.6 is 22.7 Å². The van der Waals surface area contributed by atoms with Crippen LogP contribution in [0.5, 0.6) is 0 Å². The molecule has 0 aromatic carbocycles. The standard InChI is InChI=1S/C19H22NO4S2/c1-20(2)12-9-11(10-13(20)17-16(12)24-17)23-18(21)19(22,14-5-3-7-25-14)15-6-4-8-26-15/h3-8,11-13,16-17,22H,9-10H2,1-2H3/q+1/t11?,12-,13?,16+,17?/m0/s1. The van der Waals surface area contributed by atoms with Crippen molar-refractivity contribution < 1.29 is 23.9 Å². The van der Waals surface area contributed by atoms with Gasteiger partial charge in [-0.3, -0.25) is 0 Å². The molecule has 3 aliphatic heterocycles. The summed E-state index contributed by atoms with van der Waals surface area (Å²) in [5.74, 6) is -0.561. The quantitative estimate of drug-likeness (QED) is 0.493. The van der Waals surface area contributed by atoms with Crippen LogP contribution in [-0.4, -0.2) is 60.0 Å². The lowest BCUT2D eigenvalue weighted by atomic mass is 9.95. The number of rotatable bonds is 4. The Labute approximate surface area is 160 Å². The summed E-state index contributed by atoms with van der Waals surface area (Å²) < 4.78 is 12.6. The average Bonchev–Trinajstić information content (AvgIpc) is 2.98. The van der Waals surface area contributed by atoms with Crippen molar-refractivity contribution in [3.63, 3.8) is 0 Å². The van der Waals surface area contributed by atoms with Gasteiger partial charge in [0, 0.05) is 12.8 Å². The summed E-state index contributed by atoms with van der Waals surface area (Å²) in [6.45, 7) is 0. The highest BCUT2D eigenvalue weighted by atomic mass is 32.1. The third-order valence-corrected chi connectivity index (χ3v) is 8.32. The van der Waals surface area contributed by atoms with Crippen LogP contribution in [0.2, 0.25) is 0 Å². The Morgan fingerprint density at radius 3 is 2.15 bits per heavy atom. The molecule has 3 aliphatic rings. The number of aliphatic hydroxyl groups is 1. The lowest BCUT2D eigenvalue weighted by molar-refractivity contribution is -0.938. The van der Waals surface area contributed by atoms with Crippen LogP contribution in [-0.2, 0) is 19.9 Å². The van der Waals surface area contributed by atoms with E-state index in [1.165, 1.54) is 22.7 Å². The highest BCUT2D eigenvalue weighted by Crippen LogP contribution is 2.52. The molecule has 3 unspecified atom stereocenters. The molecule has 5 atom stereocenters. The summed E-state index contributed by atoms with van der Waals surface area (Å²) in [5, 5.41) is 15.1. The van der Waals surface area contributed by atoms with E-state index >= 15 is 0 Å². The fraction of sp³-hybridized carbons (Fsp3) is 0.526. The number of hydrogen-bond donors (Lipinski definition) is 1. The van der Waals surface area contributed by atoms with Crippen LogP contribution in [0.25, 0.3) is 0 Å². The summed E-state index contributed by atoms with van der Waals surface area (Å²) in [6.07, 6.45) is 2.05. The van der Waals surface area contributed by atoms with E-state index in [0.29, 0.717) is 34.0 Å². The molecule has 3 fully saturated rings. The number of epoxide rings is 1. The lowest BCUT2D eigenvalue weighted by Gasteiger charge is -2.45. The summed E-state index contributed by atoms with van der Waals surface area (Å²) in [4.78, 5) is 14.3. The van der Waals surface area contributed by atoms with Gasteiger partial charge in [0.05, 0.1) is 23.8 Å². The monoisotopic (exact) mass is 392 g/mol. The third kappa shape index (κ3) is 2.28. The molecule has 2 aromatic heterocycles. The Bertz CT molecular complexity index is 762. The second-order valence-corrected chi connectivity index (χ2v) is 9.89. The summed E-state index contributed by atoms with van der Waals surface area (Å²) >= 11 is 2.74. The molecule has 0 aliphatic carbocycles. The van der Waals surface area contributed by atoms with Crippen molar-refractivity contribution in [2.24, 2.45) is 0 Å². The number of ether oxygens (including phenoxy) is 2. The summed E-state index contributed by atoms with van der Waals surface area (Å²) in [7, 11) is 4.49. The van der Waals surface area contributed by atoms with Crippen molar-refractivity contribution in [2.75, 3.05) is 14.1 Å². The van der Waals surface area contributed by atoms with E-state index in [4.69, 9.17) is 9.47 Å². The van der Waals surface area contributed by atoms with Gasteiger partial charge in [-0.2, -0.15) is 0 Å². The number of morpholine rings is 1. The SMILES string of the molecule is C[N+]1(C)C2CC(OC(=O)C(O)(c3cccs3)c3cccs3)C[C@H]1[C@H]1OC21. The summed E-state index contributed by atoms with van der Waals surface area (Å²) in [5.41, 5.74) is -1.72. The molecule has 1 N–H and O–H groups in total. The molecule has 5 nitrogen and oxygen atoms in total. The van der Waals surface area contributed by atoms with E-state index in [9.17, 15) is 9.90 Å². The van der Waals surface area contributed by atoms with Crippen LogP contribution in [0.1, 0.15) is 22.6 Å². The first-order valence-corrected chi connectivity index (χ1v) is 10.7. The van der Waals surface area contributed by atoms with Crippen molar-refractivity contribution in [1.29, 1.82) is 0 Å². The molecule has 0 amide bonds. The summed E-state index contributed by atoms with van der Waals surface area (Å²) in [6, 6.07) is 8.01. The van der Waals surface area contributed by atoms with E-state index in [1.807, 2.05) is 22.9 Å². The maximum absolute atomic E-state index is 13.1. The minimum absolute atomic E-state index is 0.161. The van der Waals surface area contributed by atoms with Gasteiger partial charge >= 0.3 is 5.97 Å². The number of hydrogen-bond acceptors (Lipinski definition) is 6.